The van der Waals surface area contributed by atoms with Crippen LogP contribution in [0.2, 0.25) is 5.02 Å². The molecule has 6 heteroatoms. The van der Waals surface area contributed by atoms with Crippen LogP contribution in [0.25, 0.3) is 0 Å². The van der Waals surface area contributed by atoms with Crippen molar-refractivity contribution >= 4 is 35.2 Å². The maximum Gasteiger partial charge on any atom is 0.239 e. The Balaban J connectivity index is 2.25. The van der Waals surface area contributed by atoms with Crippen LogP contribution in [0.15, 0.2) is 29.2 Å². The minimum atomic E-state index is -0.184. The van der Waals surface area contributed by atoms with E-state index in [1.165, 1.54) is 11.8 Å². The van der Waals surface area contributed by atoms with E-state index in [1.54, 1.807) is 6.07 Å². The van der Waals surface area contributed by atoms with Crippen molar-refractivity contribution in [2.45, 2.75) is 18.2 Å². The zero-order valence-corrected chi connectivity index (χ0v) is 12.3. The Morgan fingerprint density at radius 3 is 2.63 bits per heavy atom. The summed E-state index contributed by atoms with van der Waals surface area (Å²) in [5.74, 6) is -0.111. The normalized spacial score (nSPS) is 10.0. The monoisotopic (exact) mass is 300 g/mol. The molecule has 1 aromatic carbocycles. The predicted molar refractivity (Wildman–Crippen MR) is 78.5 cm³/mol. The number of carbonyl (C=O) groups is 2. The highest BCUT2D eigenvalue weighted by Crippen LogP contribution is 2.26. The number of carbonyl (C=O) groups excluding carboxylic acids is 2. The van der Waals surface area contributed by atoms with E-state index in [4.69, 9.17) is 11.6 Å². The summed E-state index contributed by atoms with van der Waals surface area (Å²) < 4.78 is 0. The number of amides is 2. The number of hydrogen-bond donors (Lipinski definition) is 2. The fourth-order valence-electron chi connectivity index (χ4n) is 1.26. The Kier molecular flexibility index (Phi) is 7.36. The molecular formula is C13H17ClN2O2S. The van der Waals surface area contributed by atoms with Gasteiger partial charge >= 0.3 is 0 Å². The molecule has 0 saturated carbocycles. The molecule has 1 aromatic rings. The van der Waals surface area contributed by atoms with Crippen molar-refractivity contribution in [3.05, 3.63) is 29.3 Å². The van der Waals surface area contributed by atoms with E-state index in [-0.39, 0.29) is 24.1 Å². The smallest absolute Gasteiger partial charge is 0.239 e. The molecule has 0 aliphatic heterocycles. The highest BCUT2D eigenvalue weighted by Gasteiger charge is 2.07. The molecule has 0 fully saturated rings. The summed E-state index contributed by atoms with van der Waals surface area (Å²) in [5, 5.41) is 5.88. The van der Waals surface area contributed by atoms with E-state index >= 15 is 0 Å². The number of halogens is 1. The fourth-order valence-corrected chi connectivity index (χ4v) is 2.33. The molecular weight excluding hydrogens is 284 g/mol. The van der Waals surface area contributed by atoms with Gasteiger partial charge in [-0.05, 0) is 18.6 Å². The molecule has 2 N–H and O–H groups in total. The Bertz CT molecular complexity index is 440. The van der Waals surface area contributed by atoms with E-state index < -0.39 is 0 Å². The summed E-state index contributed by atoms with van der Waals surface area (Å²) >= 11 is 7.32. The van der Waals surface area contributed by atoms with Gasteiger partial charge in [-0.15, -0.1) is 11.8 Å². The topological polar surface area (TPSA) is 58.2 Å². The van der Waals surface area contributed by atoms with Crippen molar-refractivity contribution in [1.29, 1.82) is 0 Å². The Morgan fingerprint density at radius 2 is 1.95 bits per heavy atom. The van der Waals surface area contributed by atoms with Gasteiger partial charge in [-0.2, -0.15) is 0 Å². The summed E-state index contributed by atoms with van der Waals surface area (Å²) in [5.41, 5.74) is 0. The first-order valence-electron chi connectivity index (χ1n) is 6.04. The van der Waals surface area contributed by atoms with Gasteiger partial charge in [0.25, 0.3) is 0 Å². The fraction of sp³-hybridized carbons (Fsp3) is 0.385. The summed E-state index contributed by atoms with van der Waals surface area (Å²) in [7, 11) is 0. The zero-order valence-electron chi connectivity index (χ0n) is 10.7. The summed E-state index contributed by atoms with van der Waals surface area (Å²) in [6.07, 6.45) is 0.877. The van der Waals surface area contributed by atoms with Crippen molar-refractivity contribution in [3.63, 3.8) is 0 Å². The molecule has 0 spiro atoms. The number of nitrogens with one attached hydrogen (secondary N) is 2. The van der Waals surface area contributed by atoms with Gasteiger partial charge < -0.3 is 10.6 Å². The Hall–Kier alpha value is -1.20. The van der Waals surface area contributed by atoms with Gasteiger partial charge in [-0.1, -0.05) is 30.7 Å². The van der Waals surface area contributed by atoms with Crippen LogP contribution in [0, 0.1) is 0 Å². The standard InChI is InChI=1S/C13H17ClN2O2S/c1-2-7-15-12(17)8-16-13(18)9-19-11-6-4-3-5-10(11)14/h3-6H,2,7-9H2,1H3,(H,15,17)(H,16,18). The Morgan fingerprint density at radius 1 is 1.21 bits per heavy atom. The minimum absolute atomic E-state index is 0.0158. The van der Waals surface area contributed by atoms with E-state index in [0.29, 0.717) is 11.6 Å². The second-order valence-electron chi connectivity index (χ2n) is 3.85. The molecule has 0 bridgehead atoms. The lowest BCUT2D eigenvalue weighted by atomic mass is 10.4. The van der Waals surface area contributed by atoms with Crippen molar-refractivity contribution in [2.75, 3.05) is 18.8 Å². The number of hydrogen-bond acceptors (Lipinski definition) is 3. The number of benzene rings is 1. The second kappa shape index (κ2) is 8.82. The summed E-state index contributed by atoms with van der Waals surface area (Å²) in [4.78, 5) is 23.7. The van der Waals surface area contributed by atoms with E-state index in [2.05, 4.69) is 10.6 Å². The van der Waals surface area contributed by atoms with Crippen LogP contribution in [0.4, 0.5) is 0 Å². The SMILES string of the molecule is CCCNC(=O)CNC(=O)CSc1ccccc1Cl. The second-order valence-corrected chi connectivity index (χ2v) is 5.27. The highest BCUT2D eigenvalue weighted by molar-refractivity contribution is 8.00. The van der Waals surface area contributed by atoms with Crippen LogP contribution in [0.1, 0.15) is 13.3 Å². The van der Waals surface area contributed by atoms with Crippen LogP contribution >= 0.6 is 23.4 Å². The molecule has 0 unspecified atom stereocenters. The largest absolute Gasteiger partial charge is 0.355 e. The molecule has 0 aromatic heterocycles. The molecule has 0 heterocycles. The third-order valence-corrected chi connectivity index (χ3v) is 3.73. The van der Waals surface area contributed by atoms with Gasteiger partial charge in [0, 0.05) is 11.4 Å². The summed E-state index contributed by atoms with van der Waals surface area (Å²) in [6, 6.07) is 7.34. The molecule has 1 rings (SSSR count). The van der Waals surface area contributed by atoms with Crippen LogP contribution in [-0.2, 0) is 9.59 Å². The average Bonchev–Trinajstić information content (AvgIpc) is 2.42. The first-order valence-corrected chi connectivity index (χ1v) is 7.40. The van der Waals surface area contributed by atoms with Crippen LogP contribution in [0.5, 0.6) is 0 Å². The minimum Gasteiger partial charge on any atom is -0.355 e. The van der Waals surface area contributed by atoms with Crippen LogP contribution < -0.4 is 10.6 Å². The van der Waals surface area contributed by atoms with E-state index in [0.717, 1.165) is 11.3 Å². The molecule has 0 aliphatic rings. The predicted octanol–water partition coefficient (Wildman–Crippen LogP) is 2.07. The number of rotatable bonds is 7. The van der Waals surface area contributed by atoms with Crippen molar-refractivity contribution in [1.82, 2.24) is 10.6 Å². The van der Waals surface area contributed by atoms with Gasteiger partial charge in [-0.25, -0.2) is 0 Å². The van der Waals surface area contributed by atoms with E-state index in [9.17, 15) is 9.59 Å². The lowest BCUT2D eigenvalue weighted by Gasteiger charge is -2.06. The van der Waals surface area contributed by atoms with Gasteiger partial charge in [-0.3, -0.25) is 9.59 Å². The van der Waals surface area contributed by atoms with Gasteiger partial charge in [0.1, 0.15) is 0 Å². The average molecular weight is 301 g/mol. The lowest BCUT2D eigenvalue weighted by Crippen LogP contribution is -2.37. The molecule has 4 nitrogen and oxygen atoms in total. The van der Waals surface area contributed by atoms with Crippen molar-refractivity contribution in [3.8, 4) is 0 Å². The third-order valence-electron chi connectivity index (χ3n) is 2.21. The third kappa shape index (κ3) is 6.50. The highest BCUT2D eigenvalue weighted by atomic mass is 35.5. The molecule has 0 saturated heterocycles. The maximum absolute atomic E-state index is 11.6. The lowest BCUT2D eigenvalue weighted by molar-refractivity contribution is -0.124. The number of thioether (sulfide) groups is 1. The molecule has 0 aliphatic carbocycles. The van der Waals surface area contributed by atoms with Gasteiger partial charge in [0.15, 0.2) is 0 Å². The summed E-state index contributed by atoms with van der Waals surface area (Å²) in [6.45, 7) is 2.62. The van der Waals surface area contributed by atoms with Crippen LogP contribution in [-0.4, -0.2) is 30.7 Å². The maximum atomic E-state index is 11.6. The molecule has 0 atom stereocenters. The first kappa shape index (κ1) is 15.9. The molecule has 19 heavy (non-hydrogen) atoms. The van der Waals surface area contributed by atoms with Gasteiger partial charge in [0.05, 0.1) is 17.3 Å². The van der Waals surface area contributed by atoms with Crippen molar-refractivity contribution < 1.29 is 9.59 Å². The van der Waals surface area contributed by atoms with E-state index in [1.807, 2.05) is 25.1 Å². The van der Waals surface area contributed by atoms with Crippen molar-refractivity contribution in [2.24, 2.45) is 0 Å². The zero-order chi connectivity index (χ0) is 14.1. The Labute approximate surface area is 122 Å². The van der Waals surface area contributed by atoms with Gasteiger partial charge in [0.2, 0.25) is 11.8 Å². The molecule has 2 amide bonds. The quantitative estimate of drug-likeness (QED) is 0.758. The van der Waals surface area contributed by atoms with Crippen LogP contribution in [0.3, 0.4) is 0 Å². The first-order chi connectivity index (χ1) is 9.13. The molecule has 0 radical (unpaired) electrons. The molecule has 104 valence electrons.